The lowest BCUT2D eigenvalue weighted by Crippen LogP contribution is -2.22. The Bertz CT molecular complexity index is 1050. The first-order valence-electron chi connectivity index (χ1n) is 10.4. The van der Waals surface area contributed by atoms with Crippen LogP contribution in [0.25, 0.3) is 0 Å². The van der Waals surface area contributed by atoms with Gasteiger partial charge in [-0.05, 0) is 57.2 Å². The summed E-state index contributed by atoms with van der Waals surface area (Å²) < 4.78 is 5.27. The number of thiazole rings is 1. The third-order valence-corrected chi connectivity index (χ3v) is 6.69. The lowest BCUT2D eigenvalue weighted by Gasteiger charge is -2.21. The molecular formula is C24H27N3O3S2. The number of benzene rings is 2. The van der Waals surface area contributed by atoms with Gasteiger partial charge in [0.25, 0.3) is 5.91 Å². The van der Waals surface area contributed by atoms with E-state index in [1.807, 2.05) is 48.7 Å². The molecule has 0 saturated carbocycles. The fourth-order valence-corrected chi connectivity index (χ4v) is 4.79. The molecule has 1 aromatic heterocycles. The molecule has 8 heteroatoms. The second kappa shape index (κ2) is 11.7. The van der Waals surface area contributed by atoms with Crippen LogP contribution in [0.3, 0.4) is 0 Å². The first-order valence-corrected chi connectivity index (χ1v) is 12.3. The molecule has 0 aliphatic carbocycles. The molecule has 0 unspecified atom stereocenters. The molecule has 0 aliphatic heterocycles. The number of nitrogens with one attached hydrogen (secondary N) is 1. The van der Waals surface area contributed by atoms with Gasteiger partial charge in [-0.15, -0.1) is 23.1 Å². The van der Waals surface area contributed by atoms with Crippen molar-refractivity contribution in [2.24, 2.45) is 0 Å². The molecule has 0 atom stereocenters. The van der Waals surface area contributed by atoms with Crippen LogP contribution >= 0.6 is 23.1 Å². The van der Waals surface area contributed by atoms with Gasteiger partial charge in [0.05, 0.1) is 16.3 Å². The highest BCUT2D eigenvalue weighted by Crippen LogP contribution is 2.27. The van der Waals surface area contributed by atoms with Crippen molar-refractivity contribution in [3.8, 4) is 0 Å². The molecule has 0 spiro atoms. The number of carbonyl (C=O) groups excluding carboxylic acids is 2. The van der Waals surface area contributed by atoms with Crippen molar-refractivity contribution < 1.29 is 14.3 Å². The lowest BCUT2D eigenvalue weighted by molar-refractivity contribution is -0.119. The van der Waals surface area contributed by atoms with E-state index < -0.39 is 5.97 Å². The van der Waals surface area contributed by atoms with Crippen molar-refractivity contribution in [2.75, 3.05) is 29.9 Å². The van der Waals surface area contributed by atoms with Gasteiger partial charge in [0.15, 0.2) is 6.61 Å². The van der Waals surface area contributed by atoms with Crippen LogP contribution in [0.15, 0.2) is 58.8 Å². The van der Waals surface area contributed by atoms with Gasteiger partial charge in [0, 0.05) is 40.5 Å². The lowest BCUT2D eigenvalue weighted by atomic mass is 10.2. The van der Waals surface area contributed by atoms with Crippen molar-refractivity contribution in [3.63, 3.8) is 0 Å². The summed E-state index contributed by atoms with van der Waals surface area (Å²) >= 11 is 3.13. The zero-order chi connectivity index (χ0) is 22.9. The summed E-state index contributed by atoms with van der Waals surface area (Å²) in [5.41, 5.74) is 3.19. The van der Waals surface area contributed by atoms with Crippen molar-refractivity contribution in [2.45, 2.75) is 31.4 Å². The molecule has 0 saturated heterocycles. The summed E-state index contributed by atoms with van der Waals surface area (Å²) in [6.07, 6.45) is 0. The van der Waals surface area contributed by atoms with Gasteiger partial charge in [0.1, 0.15) is 0 Å². The Labute approximate surface area is 197 Å². The molecule has 32 heavy (non-hydrogen) atoms. The van der Waals surface area contributed by atoms with Gasteiger partial charge in [-0.3, -0.25) is 4.79 Å². The molecule has 1 N–H and O–H groups in total. The van der Waals surface area contributed by atoms with E-state index in [1.165, 1.54) is 11.8 Å². The largest absolute Gasteiger partial charge is 0.452 e. The smallest absolute Gasteiger partial charge is 0.339 e. The van der Waals surface area contributed by atoms with Crippen molar-refractivity contribution in [1.29, 1.82) is 0 Å². The van der Waals surface area contributed by atoms with E-state index in [2.05, 4.69) is 29.0 Å². The average Bonchev–Trinajstić information content (AvgIpc) is 3.23. The second-order valence-electron chi connectivity index (χ2n) is 6.99. The maximum absolute atomic E-state index is 12.6. The zero-order valence-electron chi connectivity index (χ0n) is 18.5. The van der Waals surface area contributed by atoms with Crippen LogP contribution < -0.4 is 10.2 Å². The molecule has 1 heterocycles. The topological polar surface area (TPSA) is 71.5 Å². The monoisotopic (exact) mass is 469 g/mol. The number of carbonyl (C=O) groups is 2. The summed E-state index contributed by atoms with van der Waals surface area (Å²) in [5.74, 6) is -0.231. The van der Waals surface area contributed by atoms with Crippen LogP contribution in [-0.2, 0) is 15.3 Å². The standard InChI is InChI=1S/C24H27N3O3S2/c1-4-27(5-2)20-12-10-18(11-13-20)26-23(28)14-30-24(29)21-8-6-7-9-22(21)32-16-19-15-31-17(3)25-19/h6-13,15H,4-5,14,16H2,1-3H3,(H,26,28). The summed E-state index contributed by atoms with van der Waals surface area (Å²) in [6.45, 7) is 7.66. The Hall–Kier alpha value is -2.84. The Balaban J connectivity index is 1.53. The molecule has 2 aromatic carbocycles. The molecule has 0 bridgehead atoms. The minimum atomic E-state index is -0.519. The molecule has 168 valence electrons. The summed E-state index contributed by atoms with van der Waals surface area (Å²) in [6, 6.07) is 14.9. The molecule has 0 radical (unpaired) electrons. The van der Waals surface area contributed by atoms with Gasteiger partial charge in [-0.2, -0.15) is 0 Å². The first kappa shape index (κ1) is 23.8. The number of anilines is 2. The van der Waals surface area contributed by atoms with E-state index >= 15 is 0 Å². The zero-order valence-corrected chi connectivity index (χ0v) is 20.1. The highest BCUT2D eigenvalue weighted by molar-refractivity contribution is 7.98. The van der Waals surface area contributed by atoms with E-state index in [9.17, 15) is 9.59 Å². The normalized spacial score (nSPS) is 10.6. The fraction of sp³-hybridized carbons (Fsp3) is 0.292. The van der Waals surface area contributed by atoms with Gasteiger partial charge in [-0.25, -0.2) is 9.78 Å². The SMILES string of the molecule is CCN(CC)c1ccc(NC(=O)COC(=O)c2ccccc2SCc2csc(C)n2)cc1. The van der Waals surface area contributed by atoms with E-state index in [0.717, 1.165) is 34.4 Å². The average molecular weight is 470 g/mol. The fourth-order valence-electron chi connectivity index (χ4n) is 3.14. The first-order chi connectivity index (χ1) is 15.5. The Morgan fingerprint density at radius 2 is 1.81 bits per heavy atom. The highest BCUT2D eigenvalue weighted by Gasteiger charge is 2.15. The number of nitrogens with zero attached hydrogens (tertiary/aromatic N) is 2. The Kier molecular flexibility index (Phi) is 8.70. The number of aromatic nitrogens is 1. The Morgan fingerprint density at radius 3 is 2.47 bits per heavy atom. The van der Waals surface area contributed by atoms with Crippen molar-refractivity contribution >= 4 is 46.3 Å². The maximum atomic E-state index is 12.6. The van der Waals surface area contributed by atoms with Crippen LogP contribution in [0.1, 0.15) is 34.9 Å². The van der Waals surface area contributed by atoms with Crippen molar-refractivity contribution in [3.05, 3.63) is 70.2 Å². The van der Waals surface area contributed by atoms with E-state index in [4.69, 9.17) is 4.74 Å². The number of esters is 1. The molecule has 3 rings (SSSR count). The second-order valence-corrected chi connectivity index (χ2v) is 9.07. The quantitative estimate of drug-likeness (QED) is 0.317. The minimum Gasteiger partial charge on any atom is -0.452 e. The van der Waals surface area contributed by atoms with Crippen LogP contribution in [0.4, 0.5) is 11.4 Å². The van der Waals surface area contributed by atoms with Crippen LogP contribution in [0, 0.1) is 6.92 Å². The summed E-state index contributed by atoms with van der Waals surface area (Å²) in [4.78, 5) is 32.3. The van der Waals surface area contributed by atoms with Crippen LogP contribution in [-0.4, -0.2) is 36.6 Å². The van der Waals surface area contributed by atoms with Crippen molar-refractivity contribution in [1.82, 2.24) is 4.98 Å². The predicted molar refractivity (Wildman–Crippen MR) is 132 cm³/mol. The third-order valence-electron chi connectivity index (χ3n) is 4.76. The minimum absolute atomic E-state index is 0.346. The number of hydrogen-bond donors (Lipinski definition) is 1. The van der Waals surface area contributed by atoms with Crippen LogP contribution in [0.2, 0.25) is 0 Å². The van der Waals surface area contributed by atoms with Gasteiger partial charge in [-0.1, -0.05) is 12.1 Å². The Morgan fingerprint density at radius 1 is 1.09 bits per heavy atom. The predicted octanol–water partition coefficient (Wildman–Crippen LogP) is 5.39. The third kappa shape index (κ3) is 6.58. The number of amides is 1. The maximum Gasteiger partial charge on any atom is 0.339 e. The highest BCUT2D eigenvalue weighted by atomic mass is 32.2. The van der Waals surface area contributed by atoms with Gasteiger partial charge in [0.2, 0.25) is 0 Å². The number of hydrogen-bond acceptors (Lipinski definition) is 7. The van der Waals surface area contributed by atoms with E-state index in [1.54, 1.807) is 23.5 Å². The molecule has 6 nitrogen and oxygen atoms in total. The molecule has 1 amide bonds. The summed E-state index contributed by atoms with van der Waals surface area (Å²) in [7, 11) is 0. The van der Waals surface area contributed by atoms with Gasteiger partial charge >= 0.3 is 5.97 Å². The molecule has 0 aliphatic rings. The van der Waals surface area contributed by atoms with E-state index in [0.29, 0.717) is 17.0 Å². The molecule has 0 fully saturated rings. The van der Waals surface area contributed by atoms with Crippen LogP contribution in [0.5, 0.6) is 0 Å². The molecular weight excluding hydrogens is 442 g/mol. The number of thioether (sulfide) groups is 1. The summed E-state index contributed by atoms with van der Waals surface area (Å²) in [5, 5.41) is 5.80. The molecule has 3 aromatic rings. The number of ether oxygens (including phenoxy) is 1. The van der Waals surface area contributed by atoms with E-state index in [-0.39, 0.29) is 12.5 Å². The number of rotatable bonds is 10. The number of aryl methyl sites for hydroxylation is 1. The van der Waals surface area contributed by atoms with Gasteiger partial charge < -0.3 is 15.0 Å².